The van der Waals surface area contributed by atoms with E-state index in [1.807, 2.05) is 13.8 Å². The molecule has 0 aromatic heterocycles. The molecule has 96 valence electrons. The van der Waals surface area contributed by atoms with E-state index in [4.69, 9.17) is 0 Å². The minimum absolute atomic E-state index is 0.0951. The zero-order valence-corrected chi connectivity index (χ0v) is 11.7. The zero-order chi connectivity index (χ0) is 12.6. The standard InChI is InChI=1S/C14H29NO/c1-6-8-10-12(5)13(9-7-2)15-14(16)11(3)4/h11-13H,6-10H2,1-5H3,(H,15,16). The zero-order valence-electron chi connectivity index (χ0n) is 11.7. The van der Waals surface area contributed by atoms with Crippen molar-refractivity contribution in [2.75, 3.05) is 0 Å². The third kappa shape index (κ3) is 6.14. The van der Waals surface area contributed by atoms with Gasteiger partial charge in [-0.25, -0.2) is 0 Å². The van der Waals surface area contributed by atoms with Crippen LogP contribution in [0.3, 0.4) is 0 Å². The third-order valence-corrected chi connectivity index (χ3v) is 3.15. The van der Waals surface area contributed by atoms with E-state index in [1.165, 1.54) is 19.3 Å². The molecule has 0 heterocycles. The van der Waals surface area contributed by atoms with Crippen molar-refractivity contribution in [2.24, 2.45) is 11.8 Å². The van der Waals surface area contributed by atoms with Gasteiger partial charge in [0.2, 0.25) is 5.91 Å². The van der Waals surface area contributed by atoms with Crippen LogP contribution in [0.25, 0.3) is 0 Å². The monoisotopic (exact) mass is 227 g/mol. The van der Waals surface area contributed by atoms with E-state index in [1.54, 1.807) is 0 Å². The average molecular weight is 227 g/mol. The van der Waals surface area contributed by atoms with E-state index in [0.29, 0.717) is 12.0 Å². The fraction of sp³-hybridized carbons (Fsp3) is 0.929. The lowest BCUT2D eigenvalue weighted by molar-refractivity contribution is -0.125. The SMILES string of the molecule is CCCCC(C)C(CCC)NC(=O)C(C)C. The van der Waals surface area contributed by atoms with Crippen molar-refractivity contribution in [2.45, 2.75) is 72.8 Å². The Bertz CT molecular complexity index is 189. The Morgan fingerprint density at radius 1 is 1.06 bits per heavy atom. The van der Waals surface area contributed by atoms with Crippen molar-refractivity contribution in [1.29, 1.82) is 0 Å². The van der Waals surface area contributed by atoms with Crippen molar-refractivity contribution in [1.82, 2.24) is 5.32 Å². The molecule has 2 heteroatoms. The van der Waals surface area contributed by atoms with E-state index in [2.05, 4.69) is 26.1 Å². The summed E-state index contributed by atoms with van der Waals surface area (Å²) in [5, 5.41) is 3.19. The number of carbonyl (C=O) groups is 1. The van der Waals surface area contributed by atoms with Crippen LogP contribution in [0.15, 0.2) is 0 Å². The van der Waals surface area contributed by atoms with E-state index >= 15 is 0 Å². The lowest BCUT2D eigenvalue weighted by Crippen LogP contribution is -2.41. The Balaban J connectivity index is 4.19. The largest absolute Gasteiger partial charge is 0.353 e. The first kappa shape index (κ1) is 15.5. The van der Waals surface area contributed by atoms with Crippen molar-refractivity contribution < 1.29 is 4.79 Å². The molecule has 2 unspecified atom stereocenters. The Morgan fingerprint density at radius 2 is 1.69 bits per heavy atom. The van der Waals surface area contributed by atoms with Gasteiger partial charge in [-0.2, -0.15) is 0 Å². The Kier molecular flexibility index (Phi) is 8.32. The minimum atomic E-state index is 0.0951. The molecule has 0 saturated carbocycles. The fourth-order valence-electron chi connectivity index (χ4n) is 1.89. The predicted octanol–water partition coefficient (Wildman–Crippen LogP) is 3.75. The Hall–Kier alpha value is -0.530. The highest BCUT2D eigenvalue weighted by molar-refractivity contribution is 5.78. The van der Waals surface area contributed by atoms with Crippen LogP contribution in [0.5, 0.6) is 0 Å². The molecule has 2 atom stereocenters. The van der Waals surface area contributed by atoms with Gasteiger partial charge in [0.05, 0.1) is 0 Å². The first-order valence-corrected chi connectivity index (χ1v) is 6.83. The first-order chi connectivity index (χ1) is 7.52. The molecule has 0 aliphatic carbocycles. The highest BCUT2D eigenvalue weighted by atomic mass is 16.1. The quantitative estimate of drug-likeness (QED) is 0.672. The van der Waals surface area contributed by atoms with Gasteiger partial charge in [-0.15, -0.1) is 0 Å². The van der Waals surface area contributed by atoms with Crippen LogP contribution in [0, 0.1) is 11.8 Å². The van der Waals surface area contributed by atoms with Gasteiger partial charge in [-0.3, -0.25) is 4.79 Å². The maximum absolute atomic E-state index is 11.7. The molecule has 0 fully saturated rings. The molecule has 0 radical (unpaired) electrons. The number of unbranched alkanes of at least 4 members (excludes halogenated alkanes) is 1. The summed E-state index contributed by atoms with van der Waals surface area (Å²) in [6.45, 7) is 10.6. The van der Waals surface area contributed by atoms with Gasteiger partial charge in [-0.05, 0) is 18.8 Å². The molecule has 0 saturated heterocycles. The van der Waals surface area contributed by atoms with Crippen molar-refractivity contribution in [3.63, 3.8) is 0 Å². The molecule has 0 spiro atoms. The summed E-state index contributed by atoms with van der Waals surface area (Å²) in [4.78, 5) is 11.7. The number of rotatable bonds is 8. The molecule has 0 aromatic carbocycles. The molecule has 0 aromatic rings. The lowest BCUT2D eigenvalue weighted by Gasteiger charge is -2.25. The highest BCUT2D eigenvalue weighted by Crippen LogP contribution is 2.16. The van der Waals surface area contributed by atoms with Gasteiger partial charge >= 0.3 is 0 Å². The van der Waals surface area contributed by atoms with Crippen LogP contribution in [0.2, 0.25) is 0 Å². The second-order valence-corrected chi connectivity index (χ2v) is 5.18. The summed E-state index contributed by atoms with van der Waals surface area (Å²) in [5.74, 6) is 0.891. The summed E-state index contributed by atoms with van der Waals surface area (Å²) >= 11 is 0. The van der Waals surface area contributed by atoms with Gasteiger partial charge in [0.25, 0.3) is 0 Å². The van der Waals surface area contributed by atoms with Crippen molar-refractivity contribution in [3.05, 3.63) is 0 Å². The smallest absolute Gasteiger partial charge is 0.222 e. The molecule has 1 N–H and O–H groups in total. The van der Waals surface area contributed by atoms with Crippen molar-refractivity contribution in [3.8, 4) is 0 Å². The molecule has 1 amide bonds. The van der Waals surface area contributed by atoms with E-state index < -0.39 is 0 Å². The highest BCUT2D eigenvalue weighted by Gasteiger charge is 2.19. The topological polar surface area (TPSA) is 29.1 Å². The second-order valence-electron chi connectivity index (χ2n) is 5.18. The van der Waals surface area contributed by atoms with Crippen molar-refractivity contribution >= 4 is 5.91 Å². The van der Waals surface area contributed by atoms with Gasteiger partial charge in [-0.1, -0.05) is 53.9 Å². The molecular formula is C14H29NO. The molecule has 16 heavy (non-hydrogen) atoms. The number of amides is 1. The van der Waals surface area contributed by atoms with Crippen LogP contribution in [0.1, 0.15) is 66.7 Å². The molecule has 0 aliphatic rings. The van der Waals surface area contributed by atoms with E-state index in [9.17, 15) is 4.79 Å². The second kappa shape index (κ2) is 8.60. The van der Waals surface area contributed by atoms with Crippen LogP contribution >= 0.6 is 0 Å². The third-order valence-electron chi connectivity index (χ3n) is 3.15. The number of hydrogen-bond donors (Lipinski definition) is 1. The number of nitrogens with one attached hydrogen (secondary N) is 1. The molecule has 0 bridgehead atoms. The Morgan fingerprint density at radius 3 is 2.12 bits per heavy atom. The maximum Gasteiger partial charge on any atom is 0.222 e. The summed E-state index contributed by atoms with van der Waals surface area (Å²) in [5.41, 5.74) is 0. The van der Waals surface area contributed by atoms with Crippen LogP contribution < -0.4 is 5.32 Å². The summed E-state index contributed by atoms with van der Waals surface area (Å²) in [7, 11) is 0. The molecule has 0 rings (SSSR count). The number of carbonyl (C=O) groups excluding carboxylic acids is 1. The van der Waals surface area contributed by atoms with Gasteiger partial charge < -0.3 is 5.32 Å². The average Bonchev–Trinajstić information content (AvgIpc) is 2.24. The Labute approximate surface area is 101 Å². The normalized spacial score (nSPS) is 14.9. The van der Waals surface area contributed by atoms with Crippen LogP contribution in [-0.4, -0.2) is 11.9 Å². The van der Waals surface area contributed by atoms with Gasteiger partial charge in [0.1, 0.15) is 0 Å². The van der Waals surface area contributed by atoms with Gasteiger partial charge in [0, 0.05) is 12.0 Å². The molecule has 0 aliphatic heterocycles. The minimum Gasteiger partial charge on any atom is -0.353 e. The maximum atomic E-state index is 11.7. The van der Waals surface area contributed by atoms with Crippen LogP contribution in [-0.2, 0) is 4.79 Å². The first-order valence-electron chi connectivity index (χ1n) is 6.83. The summed E-state index contributed by atoms with van der Waals surface area (Å²) in [6, 6.07) is 0.367. The molecular weight excluding hydrogens is 198 g/mol. The summed E-state index contributed by atoms with van der Waals surface area (Å²) in [6.07, 6.45) is 5.96. The molecule has 2 nitrogen and oxygen atoms in total. The van der Waals surface area contributed by atoms with E-state index in [-0.39, 0.29) is 11.8 Å². The lowest BCUT2D eigenvalue weighted by atomic mass is 9.92. The van der Waals surface area contributed by atoms with E-state index in [0.717, 1.165) is 12.8 Å². The fourth-order valence-corrected chi connectivity index (χ4v) is 1.89. The van der Waals surface area contributed by atoms with Gasteiger partial charge in [0.15, 0.2) is 0 Å². The van der Waals surface area contributed by atoms with Crippen LogP contribution in [0.4, 0.5) is 0 Å². The predicted molar refractivity (Wildman–Crippen MR) is 70.4 cm³/mol. The number of hydrogen-bond acceptors (Lipinski definition) is 1. The summed E-state index contributed by atoms with van der Waals surface area (Å²) < 4.78 is 0.